The minimum absolute atomic E-state index is 0.0151. The average Bonchev–Trinajstić information content (AvgIpc) is 3.02. The SMILES string of the molecule is CC[C@@H](CC(=O)OC(OC(=O)[C@@H](NC(=O)OCCl)C(C)C)C(C)C)c1ccc(N(CC(C)C)CC(C)C)c(NC(=O)Nc2ccc(C)cc2)c1. The summed E-state index contributed by atoms with van der Waals surface area (Å²) in [5, 5.41) is 8.44. The standard InChI is InChI=1S/C38H57ClN4O7/c1-11-28(19-33(44)49-36(26(8)9)50-35(45)34(25(6)7)42-38(47)48-22-39)29-14-17-32(43(20-23(2)3)21-24(4)5)31(18-29)41-37(46)40-30-15-12-27(10)13-16-30/h12-18,23-26,28,34,36H,11,19-22H2,1-10H3,(H,42,47)(H2,40,41,46)/t28-,34-,36?/m0/s1. The number of carbonyl (C=O) groups is 4. The van der Waals surface area contributed by atoms with E-state index in [4.69, 9.17) is 25.8 Å². The topological polar surface area (TPSA) is 135 Å². The number of amides is 3. The van der Waals surface area contributed by atoms with Crippen LogP contribution in [-0.4, -0.2) is 55.6 Å². The number of nitrogens with zero attached hydrogens (tertiary/aromatic N) is 1. The molecule has 11 nitrogen and oxygen atoms in total. The van der Waals surface area contributed by atoms with Crippen LogP contribution in [0.1, 0.15) is 92.2 Å². The number of urea groups is 1. The molecule has 3 N–H and O–H groups in total. The molecule has 0 bridgehead atoms. The summed E-state index contributed by atoms with van der Waals surface area (Å²) >= 11 is 5.46. The number of anilines is 3. The second kappa shape index (κ2) is 20.6. The Bertz CT molecular complexity index is 1390. The molecule has 0 aliphatic heterocycles. The zero-order chi connectivity index (χ0) is 37.5. The van der Waals surface area contributed by atoms with Crippen LogP contribution >= 0.6 is 11.6 Å². The summed E-state index contributed by atoms with van der Waals surface area (Å²) in [5.41, 5.74) is 4.14. The van der Waals surface area contributed by atoms with Gasteiger partial charge in [0.15, 0.2) is 6.07 Å². The third kappa shape index (κ3) is 14.1. The molecule has 1 unspecified atom stereocenters. The summed E-state index contributed by atoms with van der Waals surface area (Å²) in [4.78, 5) is 53.9. The highest BCUT2D eigenvalue weighted by Crippen LogP contribution is 2.34. The first-order valence-electron chi connectivity index (χ1n) is 17.5. The molecule has 3 atom stereocenters. The van der Waals surface area contributed by atoms with Crippen LogP contribution in [0.2, 0.25) is 0 Å². The van der Waals surface area contributed by atoms with Crippen LogP contribution in [0, 0.1) is 30.6 Å². The molecule has 50 heavy (non-hydrogen) atoms. The van der Waals surface area contributed by atoms with Crippen molar-refractivity contribution in [3.63, 3.8) is 0 Å². The van der Waals surface area contributed by atoms with E-state index in [2.05, 4.69) is 48.5 Å². The first kappa shape index (κ1) is 42.2. The Kier molecular flexibility index (Phi) is 17.4. The lowest BCUT2D eigenvalue weighted by molar-refractivity contribution is -0.198. The zero-order valence-corrected chi connectivity index (χ0v) is 32.1. The van der Waals surface area contributed by atoms with Crippen molar-refractivity contribution >= 4 is 52.7 Å². The number of alkyl halides is 1. The van der Waals surface area contributed by atoms with Crippen LogP contribution in [0.4, 0.5) is 26.7 Å². The number of nitrogens with one attached hydrogen (secondary N) is 3. The fourth-order valence-electron chi connectivity index (χ4n) is 5.33. The van der Waals surface area contributed by atoms with Crippen LogP contribution in [0.25, 0.3) is 0 Å². The quantitative estimate of drug-likeness (QED) is 0.0793. The van der Waals surface area contributed by atoms with Crippen molar-refractivity contribution < 1.29 is 33.4 Å². The maximum absolute atomic E-state index is 13.4. The molecule has 2 aromatic rings. The molecule has 0 aromatic heterocycles. The summed E-state index contributed by atoms with van der Waals surface area (Å²) < 4.78 is 16.0. The largest absolute Gasteiger partial charge is 0.433 e. The number of alkyl carbamates (subject to hydrolysis) is 1. The molecule has 0 radical (unpaired) electrons. The van der Waals surface area contributed by atoms with E-state index in [0.717, 1.165) is 29.9 Å². The highest BCUT2D eigenvalue weighted by atomic mass is 35.5. The van der Waals surface area contributed by atoms with Gasteiger partial charge in [0.05, 0.1) is 17.8 Å². The second-order valence-corrected chi connectivity index (χ2v) is 14.4. The van der Waals surface area contributed by atoms with Crippen LogP contribution in [-0.2, 0) is 23.8 Å². The molecule has 0 aliphatic carbocycles. The molecule has 2 aromatic carbocycles. The molecule has 0 fully saturated rings. The fraction of sp³-hybridized carbons (Fsp3) is 0.579. The van der Waals surface area contributed by atoms with E-state index in [1.807, 2.05) is 56.3 Å². The first-order valence-corrected chi connectivity index (χ1v) is 18.0. The summed E-state index contributed by atoms with van der Waals surface area (Å²) in [7, 11) is 0. The number of rotatable bonds is 18. The number of carbonyl (C=O) groups excluding carboxylic acids is 4. The number of hydrogen-bond acceptors (Lipinski definition) is 8. The smallest absolute Gasteiger partial charge is 0.409 e. The van der Waals surface area contributed by atoms with Gasteiger partial charge in [-0.05, 0) is 66.8 Å². The van der Waals surface area contributed by atoms with E-state index in [9.17, 15) is 19.2 Å². The van der Waals surface area contributed by atoms with Gasteiger partial charge in [-0.25, -0.2) is 14.4 Å². The van der Waals surface area contributed by atoms with Gasteiger partial charge in [-0.2, -0.15) is 0 Å². The molecule has 0 saturated heterocycles. The summed E-state index contributed by atoms with van der Waals surface area (Å²) in [6, 6.07) is 11.7. The Morgan fingerprint density at radius 2 is 1.44 bits per heavy atom. The molecule has 0 aliphatic rings. The third-order valence-electron chi connectivity index (χ3n) is 7.87. The van der Waals surface area contributed by atoms with Crippen molar-refractivity contribution in [2.24, 2.45) is 23.7 Å². The number of esters is 2. The number of hydrogen-bond donors (Lipinski definition) is 3. The van der Waals surface area contributed by atoms with Crippen LogP contribution in [0.5, 0.6) is 0 Å². The van der Waals surface area contributed by atoms with E-state index < -0.39 is 30.4 Å². The van der Waals surface area contributed by atoms with E-state index >= 15 is 0 Å². The van der Waals surface area contributed by atoms with E-state index in [-0.39, 0.29) is 36.3 Å². The number of ether oxygens (including phenoxy) is 3. The second-order valence-electron chi connectivity index (χ2n) is 14.2. The van der Waals surface area contributed by atoms with Gasteiger partial charge in [0.2, 0.25) is 6.29 Å². The predicted octanol–water partition coefficient (Wildman–Crippen LogP) is 8.66. The molecule has 278 valence electrons. The highest BCUT2D eigenvalue weighted by Gasteiger charge is 2.32. The monoisotopic (exact) mass is 716 g/mol. The van der Waals surface area contributed by atoms with Crippen LogP contribution < -0.4 is 20.9 Å². The van der Waals surface area contributed by atoms with Gasteiger partial charge in [0.25, 0.3) is 0 Å². The van der Waals surface area contributed by atoms with Crippen molar-refractivity contribution in [3.05, 3.63) is 53.6 Å². The molecule has 3 amide bonds. The average molecular weight is 717 g/mol. The minimum Gasteiger partial charge on any atom is -0.433 e. The maximum Gasteiger partial charge on any atom is 0.409 e. The lowest BCUT2D eigenvalue weighted by Crippen LogP contribution is -2.47. The maximum atomic E-state index is 13.4. The Labute approximate surface area is 303 Å². The molecule has 0 heterocycles. The number of halogens is 1. The highest BCUT2D eigenvalue weighted by molar-refractivity contribution is 6.17. The normalized spacial score (nSPS) is 13.1. The van der Waals surface area contributed by atoms with Gasteiger partial charge in [-0.1, -0.05) is 97.7 Å². The lowest BCUT2D eigenvalue weighted by Gasteiger charge is -2.31. The predicted molar refractivity (Wildman–Crippen MR) is 200 cm³/mol. The van der Waals surface area contributed by atoms with Crippen molar-refractivity contribution in [3.8, 4) is 0 Å². The van der Waals surface area contributed by atoms with Gasteiger partial charge in [0.1, 0.15) is 6.04 Å². The number of benzene rings is 2. The molecule has 0 spiro atoms. The van der Waals surface area contributed by atoms with Crippen molar-refractivity contribution in [2.75, 3.05) is 34.7 Å². The van der Waals surface area contributed by atoms with Gasteiger partial charge in [-0.3, -0.25) is 4.79 Å². The minimum atomic E-state index is -1.18. The van der Waals surface area contributed by atoms with Gasteiger partial charge < -0.3 is 35.1 Å². The van der Waals surface area contributed by atoms with Crippen LogP contribution in [0.3, 0.4) is 0 Å². The van der Waals surface area contributed by atoms with Crippen LogP contribution in [0.15, 0.2) is 42.5 Å². The van der Waals surface area contributed by atoms with Crippen molar-refractivity contribution in [1.29, 1.82) is 0 Å². The first-order chi connectivity index (χ1) is 23.5. The Morgan fingerprint density at radius 1 is 0.820 bits per heavy atom. The molecule has 12 heteroatoms. The fourth-order valence-corrected chi connectivity index (χ4v) is 5.43. The summed E-state index contributed by atoms with van der Waals surface area (Å²) in [6.45, 7) is 21.2. The Morgan fingerprint density at radius 3 is 1.96 bits per heavy atom. The van der Waals surface area contributed by atoms with Crippen molar-refractivity contribution in [1.82, 2.24) is 5.32 Å². The van der Waals surface area contributed by atoms with E-state index in [1.54, 1.807) is 27.7 Å². The van der Waals surface area contributed by atoms with Gasteiger partial charge in [0, 0.05) is 24.7 Å². The number of aryl methyl sites for hydroxylation is 1. The zero-order valence-electron chi connectivity index (χ0n) is 31.3. The van der Waals surface area contributed by atoms with E-state index in [0.29, 0.717) is 29.6 Å². The summed E-state index contributed by atoms with van der Waals surface area (Å²) in [5.74, 6) is -1.48. The van der Waals surface area contributed by atoms with Gasteiger partial charge >= 0.3 is 24.1 Å². The Balaban J connectivity index is 2.33. The van der Waals surface area contributed by atoms with Crippen molar-refractivity contribution in [2.45, 2.75) is 100 Å². The molecular weight excluding hydrogens is 660 g/mol. The Hall–Kier alpha value is -3.99. The molecule has 0 saturated carbocycles. The van der Waals surface area contributed by atoms with Gasteiger partial charge in [-0.15, -0.1) is 0 Å². The summed E-state index contributed by atoms with van der Waals surface area (Å²) in [6.07, 6.45) is -1.41. The molecule has 2 rings (SSSR count). The molecular formula is C38H57ClN4O7. The third-order valence-corrected chi connectivity index (χ3v) is 7.98. The van der Waals surface area contributed by atoms with E-state index in [1.165, 1.54) is 0 Å². The lowest BCUT2D eigenvalue weighted by atomic mass is 9.92.